The fourth-order valence-electron chi connectivity index (χ4n) is 2.23. The van der Waals surface area contributed by atoms with Crippen LogP contribution >= 0.6 is 11.3 Å². The molecular formula is C15H20N2O2S2. The van der Waals surface area contributed by atoms with Gasteiger partial charge in [0.2, 0.25) is 10.0 Å². The Kier molecular flexibility index (Phi) is 4.70. The molecule has 0 aliphatic carbocycles. The molecule has 0 bridgehead atoms. The van der Waals surface area contributed by atoms with Crippen molar-refractivity contribution in [1.29, 1.82) is 0 Å². The first kappa shape index (κ1) is 16.0. The molecule has 0 aliphatic heterocycles. The van der Waals surface area contributed by atoms with Gasteiger partial charge in [0.1, 0.15) is 0 Å². The van der Waals surface area contributed by atoms with Crippen molar-refractivity contribution in [2.75, 3.05) is 5.73 Å². The number of thiophene rings is 1. The first-order valence-corrected chi connectivity index (χ1v) is 9.07. The Morgan fingerprint density at radius 1 is 1.33 bits per heavy atom. The monoisotopic (exact) mass is 324 g/mol. The number of benzene rings is 1. The maximum atomic E-state index is 12.5. The minimum absolute atomic E-state index is 0.171. The van der Waals surface area contributed by atoms with Crippen LogP contribution in [0.15, 0.2) is 34.5 Å². The van der Waals surface area contributed by atoms with E-state index in [9.17, 15) is 8.42 Å². The average molecular weight is 324 g/mol. The Morgan fingerprint density at radius 3 is 2.67 bits per heavy atom. The molecule has 0 aliphatic rings. The van der Waals surface area contributed by atoms with Gasteiger partial charge in [-0.25, -0.2) is 13.1 Å². The summed E-state index contributed by atoms with van der Waals surface area (Å²) in [5, 5.41) is 1.99. The Morgan fingerprint density at radius 2 is 2.05 bits per heavy atom. The number of rotatable bonds is 5. The van der Waals surface area contributed by atoms with Crippen molar-refractivity contribution in [1.82, 2.24) is 4.72 Å². The highest BCUT2D eigenvalue weighted by atomic mass is 32.2. The Bertz CT molecular complexity index is 722. The van der Waals surface area contributed by atoms with Crippen molar-refractivity contribution in [2.24, 2.45) is 0 Å². The van der Waals surface area contributed by atoms with Crippen LogP contribution < -0.4 is 10.5 Å². The molecular weight excluding hydrogens is 304 g/mol. The van der Waals surface area contributed by atoms with Crippen LogP contribution in [0, 0.1) is 13.8 Å². The van der Waals surface area contributed by atoms with Crippen molar-refractivity contribution >= 4 is 27.0 Å². The van der Waals surface area contributed by atoms with Gasteiger partial charge in [-0.15, -0.1) is 11.3 Å². The summed E-state index contributed by atoms with van der Waals surface area (Å²) in [4.78, 5) is 1.42. The van der Waals surface area contributed by atoms with E-state index in [4.69, 9.17) is 5.73 Å². The highest BCUT2D eigenvalue weighted by molar-refractivity contribution is 7.89. The van der Waals surface area contributed by atoms with E-state index in [1.807, 2.05) is 31.4 Å². The molecule has 1 unspecified atom stereocenters. The van der Waals surface area contributed by atoms with Gasteiger partial charge in [0.05, 0.1) is 4.90 Å². The smallest absolute Gasteiger partial charge is 0.241 e. The van der Waals surface area contributed by atoms with Crippen molar-refractivity contribution in [3.05, 3.63) is 45.6 Å². The van der Waals surface area contributed by atoms with Crippen LogP contribution in [0.4, 0.5) is 5.69 Å². The molecule has 6 heteroatoms. The number of aryl methyl sites for hydroxylation is 1. The molecule has 1 atom stereocenters. The minimum Gasteiger partial charge on any atom is -0.399 e. The molecule has 1 aromatic heterocycles. The lowest BCUT2D eigenvalue weighted by molar-refractivity contribution is 0.560. The summed E-state index contributed by atoms with van der Waals surface area (Å²) in [5.41, 5.74) is 7.85. The Balaban J connectivity index is 2.22. The summed E-state index contributed by atoms with van der Waals surface area (Å²) in [7, 11) is -3.56. The van der Waals surface area contributed by atoms with Gasteiger partial charge in [-0.3, -0.25) is 0 Å². The lowest BCUT2D eigenvalue weighted by atomic mass is 10.1. The fourth-order valence-corrected chi connectivity index (χ4v) is 4.66. The predicted octanol–water partition coefficient (Wildman–Crippen LogP) is 2.86. The first-order chi connectivity index (χ1) is 9.79. The van der Waals surface area contributed by atoms with Crippen LogP contribution in [0.2, 0.25) is 0 Å². The second-order valence-corrected chi connectivity index (χ2v) is 7.98. The summed E-state index contributed by atoms with van der Waals surface area (Å²) in [6.07, 6.45) is 0.678. The van der Waals surface area contributed by atoms with E-state index < -0.39 is 10.0 Å². The number of nitrogen functional groups attached to an aromatic ring is 1. The summed E-state index contributed by atoms with van der Waals surface area (Å²) < 4.78 is 27.8. The van der Waals surface area contributed by atoms with E-state index in [-0.39, 0.29) is 10.9 Å². The maximum Gasteiger partial charge on any atom is 0.241 e. The van der Waals surface area contributed by atoms with Crippen molar-refractivity contribution in [3.63, 3.8) is 0 Å². The molecule has 3 N–H and O–H groups in total. The zero-order valence-corrected chi connectivity index (χ0v) is 14.0. The third kappa shape index (κ3) is 3.84. The van der Waals surface area contributed by atoms with Gasteiger partial charge in [0, 0.05) is 16.6 Å². The zero-order chi connectivity index (χ0) is 15.6. The minimum atomic E-state index is -3.56. The van der Waals surface area contributed by atoms with Crippen LogP contribution in [-0.2, 0) is 16.4 Å². The van der Waals surface area contributed by atoms with Gasteiger partial charge < -0.3 is 5.73 Å². The van der Waals surface area contributed by atoms with Crippen LogP contribution in [0.3, 0.4) is 0 Å². The van der Waals surface area contributed by atoms with E-state index in [0.717, 1.165) is 16.0 Å². The number of sulfonamides is 1. The first-order valence-electron chi connectivity index (χ1n) is 6.71. The highest BCUT2D eigenvalue weighted by Crippen LogP contribution is 2.23. The molecule has 4 nitrogen and oxygen atoms in total. The van der Waals surface area contributed by atoms with Crippen LogP contribution in [0.25, 0.3) is 0 Å². The van der Waals surface area contributed by atoms with Gasteiger partial charge in [0.25, 0.3) is 0 Å². The summed E-state index contributed by atoms with van der Waals surface area (Å²) in [5.74, 6) is 0. The molecule has 1 aromatic carbocycles. The highest BCUT2D eigenvalue weighted by Gasteiger charge is 2.21. The average Bonchev–Trinajstić information content (AvgIpc) is 2.85. The second-order valence-electron chi connectivity index (χ2n) is 5.27. The molecule has 0 fully saturated rings. The number of nitrogens with two attached hydrogens (primary N) is 1. The molecule has 0 saturated carbocycles. The lowest BCUT2D eigenvalue weighted by Gasteiger charge is -2.16. The topological polar surface area (TPSA) is 72.2 Å². The molecule has 0 radical (unpaired) electrons. The Labute approximate surface area is 130 Å². The third-order valence-corrected chi connectivity index (χ3v) is 5.99. The second kappa shape index (κ2) is 6.17. The van der Waals surface area contributed by atoms with E-state index in [1.54, 1.807) is 24.3 Å². The largest absolute Gasteiger partial charge is 0.399 e. The molecule has 114 valence electrons. The number of nitrogens with one attached hydrogen (secondary N) is 1. The van der Waals surface area contributed by atoms with Crippen molar-refractivity contribution in [2.45, 2.75) is 38.1 Å². The normalized spacial score (nSPS) is 13.3. The standard InChI is InChI=1S/C15H20N2O2S2/c1-10-7-13(16)9-15(12(10)3)21(18,19)17-11(2)8-14-5-4-6-20-14/h4-7,9,11,17H,8,16H2,1-3H3. The third-order valence-electron chi connectivity index (χ3n) is 3.38. The van der Waals surface area contributed by atoms with E-state index in [2.05, 4.69) is 4.72 Å². The van der Waals surface area contributed by atoms with Gasteiger partial charge >= 0.3 is 0 Å². The van der Waals surface area contributed by atoms with E-state index in [0.29, 0.717) is 12.1 Å². The van der Waals surface area contributed by atoms with E-state index in [1.165, 1.54) is 6.07 Å². The van der Waals surface area contributed by atoms with Crippen LogP contribution in [-0.4, -0.2) is 14.5 Å². The van der Waals surface area contributed by atoms with Gasteiger partial charge in [0.15, 0.2) is 0 Å². The summed E-state index contributed by atoms with van der Waals surface area (Å²) >= 11 is 1.63. The summed E-state index contributed by atoms with van der Waals surface area (Å²) in [6, 6.07) is 7.10. The quantitative estimate of drug-likeness (QED) is 0.831. The molecule has 0 amide bonds. The predicted molar refractivity (Wildman–Crippen MR) is 88.1 cm³/mol. The van der Waals surface area contributed by atoms with Gasteiger partial charge in [-0.2, -0.15) is 0 Å². The van der Waals surface area contributed by atoms with Crippen LogP contribution in [0.5, 0.6) is 0 Å². The number of hydrogen-bond donors (Lipinski definition) is 2. The number of hydrogen-bond acceptors (Lipinski definition) is 4. The molecule has 21 heavy (non-hydrogen) atoms. The molecule has 2 aromatic rings. The van der Waals surface area contributed by atoms with Crippen molar-refractivity contribution in [3.8, 4) is 0 Å². The Hall–Kier alpha value is -1.37. The van der Waals surface area contributed by atoms with Gasteiger partial charge in [-0.1, -0.05) is 6.07 Å². The summed E-state index contributed by atoms with van der Waals surface area (Å²) in [6.45, 7) is 5.53. The van der Waals surface area contributed by atoms with Crippen LogP contribution in [0.1, 0.15) is 22.9 Å². The molecule has 1 heterocycles. The molecule has 0 saturated heterocycles. The SMILES string of the molecule is Cc1cc(N)cc(S(=O)(=O)NC(C)Cc2cccs2)c1C. The van der Waals surface area contributed by atoms with E-state index >= 15 is 0 Å². The molecule has 0 spiro atoms. The molecule has 2 rings (SSSR count). The zero-order valence-electron chi connectivity index (χ0n) is 12.4. The fraction of sp³-hybridized carbons (Fsp3) is 0.333. The number of anilines is 1. The lowest BCUT2D eigenvalue weighted by Crippen LogP contribution is -2.34. The van der Waals surface area contributed by atoms with Gasteiger partial charge in [-0.05, 0) is 61.9 Å². The maximum absolute atomic E-state index is 12.5. The van der Waals surface area contributed by atoms with Crippen molar-refractivity contribution < 1.29 is 8.42 Å².